The molecular weight excluding hydrogens is 415 g/mol. The number of anilines is 1. The van der Waals surface area contributed by atoms with Crippen LogP contribution in [0.4, 0.5) is 24.5 Å². The molecule has 0 radical (unpaired) electrons. The van der Waals surface area contributed by atoms with Gasteiger partial charge in [-0.25, -0.2) is 21.6 Å². The third-order valence-corrected chi connectivity index (χ3v) is 5.67. The quantitative estimate of drug-likeness (QED) is 0.393. The van der Waals surface area contributed by atoms with Crippen LogP contribution in [0.3, 0.4) is 0 Å². The summed E-state index contributed by atoms with van der Waals surface area (Å²) in [6, 6.07) is 6.01. The van der Waals surface area contributed by atoms with Crippen LogP contribution in [0.15, 0.2) is 41.3 Å². The number of amides is 1. The zero-order valence-electron chi connectivity index (χ0n) is 15.1. The Hall–Kier alpha value is -2.99. The summed E-state index contributed by atoms with van der Waals surface area (Å²) in [4.78, 5) is 21.9. The van der Waals surface area contributed by atoms with Crippen molar-refractivity contribution in [3.8, 4) is 0 Å². The largest absolute Gasteiger partial charge is 0.322 e. The number of nitro groups is 1. The molecule has 8 nitrogen and oxygen atoms in total. The highest BCUT2D eigenvalue weighted by Crippen LogP contribution is 2.26. The summed E-state index contributed by atoms with van der Waals surface area (Å²) < 4.78 is 66.4. The molecular formula is C17H16F3N3O5S. The number of rotatable bonds is 8. The lowest BCUT2D eigenvalue weighted by Crippen LogP contribution is -2.38. The molecule has 0 aliphatic heterocycles. The van der Waals surface area contributed by atoms with E-state index < -0.39 is 61.1 Å². The van der Waals surface area contributed by atoms with E-state index in [1.165, 1.54) is 12.1 Å². The number of carbonyl (C=O) groups is 1. The van der Waals surface area contributed by atoms with Crippen LogP contribution in [0.2, 0.25) is 0 Å². The Morgan fingerprint density at radius 2 is 1.79 bits per heavy atom. The molecule has 2 aromatic carbocycles. The molecule has 0 heterocycles. The number of sulfonamides is 1. The minimum atomic E-state index is -4.45. The molecule has 156 valence electrons. The van der Waals surface area contributed by atoms with Crippen molar-refractivity contribution in [2.75, 3.05) is 18.4 Å². The first-order chi connectivity index (χ1) is 13.6. The zero-order chi connectivity index (χ0) is 21.8. The molecule has 0 saturated heterocycles. The fourth-order valence-electron chi connectivity index (χ4n) is 2.47. The van der Waals surface area contributed by atoms with Crippen molar-refractivity contribution < 1.29 is 31.3 Å². The highest BCUT2D eigenvalue weighted by Gasteiger charge is 2.32. The molecule has 0 aliphatic rings. The summed E-state index contributed by atoms with van der Waals surface area (Å²) in [5.41, 5.74) is -1.34. The van der Waals surface area contributed by atoms with Gasteiger partial charge in [0.15, 0.2) is 22.3 Å². The molecule has 1 amide bonds. The maximum atomic E-state index is 13.7. The summed E-state index contributed by atoms with van der Waals surface area (Å²) >= 11 is 0. The molecule has 2 rings (SSSR count). The molecule has 0 aliphatic carbocycles. The van der Waals surface area contributed by atoms with Crippen LogP contribution in [-0.4, -0.2) is 36.6 Å². The van der Waals surface area contributed by atoms with Crippen LogP contribution >= 0.6 is 0 Å². The van der Waals surface area contributed by atoms with Gasteiger partial charge in [-0.05, 0) is 24.6 Å². The van der Waals surface area contributed by atoms with Crippen molar-refractivity contribution in [2.24, 2.45) is 0 Å². The van der Waals surface area contributed by atoms with E-state index in [1.807, 2.05) is 5.32 Å². The van der Waals surface area contributed by atoms with Gasteiger partial charge in [0.25, 0.3) is 5.69 Å². The van der Waals surface area contributed by atoms with E-state index in [1.54, 1.807) is 6.92 Å². The van der Waals surface area contributed by atoms with Gasteiger partial charge in [-0.3, -0.25) is 14.9 Å². The van der Waals surface area contributed by atoms with E-state index in [0.29, 0.717) is 10.4 Å². The molecule has 0 spiro atoms. The minimum absolute atomic E-state index is 0.165. The number of hydrogen-bond donors (Lipinski definition) is 1. The van der Waals surface area contributed by atoms with Gasteiger partial charge in [-0.15, -0.1) is 0 Å². The molecule has 2 aromatic rings. The van der Waals surface area contributed by atoms with Crippen LogP contribution in [-0.2, 0) is 14.8 Å². The summed E-state index contributed by atoms with van der Waals surface area (Å²) in [5.74, 6) is -5.92. The van der Waals surface area contributed by atoms with E-state index in [0.717, 1.165) is 18.2 Å². The number of hydrogen-bond acceptors (Lipinski definition) is 5. The van der Waals surface area contributed by atoms with Crippen LogP contribution in [0, 0.1) is 27.6 Å². The summed E-state index contributed by atoms with van der Waals surface area (Å²) in [6.45, 7) is 0.636. The molecule has 0 fully saturated rings. The van der Waals surface area contributed by atoms with Gasteiger partial charge in [-0.2, -0.15) is 4.31 Å². The van der Waals surface area contributed by atoms with Crippen molar-refractivity contribution in [1.29, 1.82) is 0 Å². The molecule has 1 N–H and O–H groups in total. The number of benzene rings is 2. The molecule has 0 aromatic heterocycles. The SMILES string of the molecule is CCCN(CC(=O)Nc1ccc(F)c(F)c1F)S(=O)(=O)c1ccccc1[N+](=O)[O-]. The van der Waals surface area contributed by atoms with Gasteiger partial charge in [0.05, 0.1) is 17.2 Å². The van der Waals surface area contributed by atoms with Gasteiger partial charge < -0.3 is 5.32 Å². The first-order valence-corrected chi connectivity index (χ1v) is 9.70. The lowest BCUT2D eigenvalue weighted by molar-refractivity contribution is -0.387. The minimum Gasteiger partial charge on any atom is -0.322 e. The smallest absolute Gasteiger partial charge is 0.289 e. The predicted octanol–water partition coefficient (Wildman–Crippen LogP) is 3.05. The van der Waals surface area contributed by atoms with Gasteiger partial charge in [0, 0.05) is 12.6 Å². The molecule has 0 bridgehead atoms. The first kappa shape index (κ1) is 22.3. The standard InChI is InChI=1S/C17H16F3N3O5S/c1-2-9-22(29(27,28)14-6-4-3-5-13(14)23(25)26)10-15(24)21-12-8-7-11(18)16(19)17(12)20/h3-8H,2,9-10H2,1H3,(H,21,24). The fourth-order valence-corrected chi connectivity index (χ4v) is 4.12. The van der Waals surface area contributed by atoms with E-state index in [4.69, 9.17) is 0 Å². The third kappa shape index (κ3) is 4.90. The number of nitro benzene ring substituents is 1. The Kier molecular flexibility index (Phi) is 6.93. The summed E-state index contributed by atoms with van der Waals surface area (Å²) in [7, 11) is -4.45. The fraction of sp³-hybridized carbons (Fsp3) is 0.235. The lowest BCUT2D eigenvalue weighted by Gasteiger charge is -2.21. The van der Waals surface area contributed by atoms with Gasteiger partial charge >= 0.3 is 0 Å². The topological polar surface area (TPSA) is 110 Å². The van der Waals surface area contributed by atoms with Crippen molar-refractivity contribution in [3.05, 3.63) is 64.0 Å². The maximum Gasteiger partial charge on any atom is 0.289 e. The van der Waals surface area contributed by atoms with Crippen molar-refractivity contribution in [1.82, 2.24) is 4.31 Å². The number of halogens is 3. The number of para-hydroxylation sites is 1. The zero-order valence-corrected chi connectivity index (χ0v) is 15.9. The second-order valence-electron chi connectivity index (χ2n) is 5.83. The highest BCUT2D eigenvalue weighted by atomic mass is 32.2. The van der Waals surface area contributed by atoms with Crippen molar-refractivity contribution in [2.45, 2.75) is 18.2 Å². The first-order valence-electron chi connectivity index (χ1n) is 8.26. The van der Waals surface area contributed by atoms with Crippen molar-refractivity contribution >= 4 is 27.3 Å². The van der Waals surface area contributed by atoms with Crippen LogP contribution < -0.4 is 5.32 Å². The Balaban J connectivity index is 2.31. The summed E-state index contributed by atoms with van der Waals surface area (Å²) in [6.07, 6.45) is 0.271. The van der Waals surface area contributed by atoms with Crippen LogP contribution in [0.1, 0.15) is 13.3 Å². The van der Waals surface area contributed by atoms with E-state index in [2.05, 4.69) is 0 Å². The Morgan fingerprint density at radius 1 is 1.14 bits per heavy atom. The molecule has 0 unspecified atom stereocenters. The van der Waals surface area contributed by atoms with E-state index >= 15 is 0 Å². The van der Waals surface area contributed by atoms with E-state index in [-0.39, 0.29) is 13.0 Å². The molecule has 29 heavy (non-hydrogen) atoms. The highest BCUT2D eigenvalue weighted by molar-refractivity contribution is 7.89. The van der Waals surface area contributed by atoms with Gasteiger partial charge in [-0.1, -0.05) is 19.1 Å². The second-order valence-corrected chi connectivity index (χ2v) is 7.74. The van der Waals surface area contributed by atoms with Gasteiger partial charge in [0.1, 0.15) is 0 Å². The normalized spacial score (nSPS) is 11.5. The molecule has 0 saturated carbocycles. The average molecular weight is 431 g/mol. The maximum absolute atomic E-state index is 13.7. The second kappa shape index (κ2) is 9.01. The predicted molar refractivity (Wildman–Crippen MR) is 97.1 cm³/mol. The van der Waals surface area contributed by atoms with Crippen LogP contribution in [0.25, 0.3) is 0 Å². The number of nitrogens with one attached hydrogen (secondary N) is 1. The van der Waals surface area contributed by atoms with E-state index in [9.17, 15) is 36.5 Å². The number of nitrogens with zero attached hydrogens (tertiary/aromatic N) is 2. The Morgan fingerprint density at radius 3 is 2.41 bits per heavy atom. The average Bonchev–Trinajstić information content (AvgIpc) is 2.68. The Bertz CT molecular complexity index is 1050. The Labute approximate surface area is 164 Å². The van der Waals surface area contributed by atoms with Gasteiger partial charge in [0.2, 0.25) is 15.9 Å². The summed E-state index contributed by atoms with van der Waals surface area (Å²) in [5, 5.41) is 13.1. The van der Waals surface area contributed by atoms with Crippen molar-refractivity contribution in [3.63, 3.8) is 0 Å². The number of carbonyl (C=O) groups excluding carboxylic acids is 1. The molecule has 12 heteroatoms. The third-order valence-electron chi connectivity index (χ3n) is 3.78. The monoisotopic (exact) mass is 431 g/mol. The van der Waals surface area contributed by atoms with Crippen LogP contribution in [0.5, 0.6) is 0 Å². The lowest BCUT2D eigenvalue weighted by atomic mass is 10.2. The molecule has 0 atom stereocenters.